The number of nitrogens with zero attached hydrogens (tertiary/aromatic N) is 4. The van der Waals surface area contributed by atoms with E-state index in [2.05, 4.69) is 29.7 Å². The van der Waals surface area contributed by atoms with Gasteiger partial charge in [-0.05, 0) is 41.9 Å². The normalized spacial score (nSPS) is 12.1. The summed E-state index contributed by atoms with van der Waals surface area (Å²) in [5.74, 6) is -1.16. The van der Waals surface area contributed by atoms with Gasteiger partial charge >= 0.3 is 6.11 Å². The molecule has 0 saturated heterocycles. The molecule has 0 atom stereocenters. The maximum absolute atomic E-state index is 13.9. The van der Waals surface area contributed by atoms with E-state index in [4.69, 9.17) is 9.47 Å². The molecule has 2 aromatic carbocycles. The van der Waals surface area contributed by atoms with E-state index in [1.54, 1.807) is 36.4 Å². The zero-order valence-corrected chi connectivity index (χ0v) is 24.2. The number of carbonyl (C=O) groups is 1. The second-order valence-corrected chi connectivity index (χ2v) is 16.6. The summed E-state index contributed by atoms with van der Waals surface area (Å²) >= 11 is 0. The molecule has 11 heteroatoms. The first-order valence-electron chi connectivity index (χ1n) is 12.9. The fraction of sp³-hybridized carbons (Fsp3) is 0.345. The fourth-order valence-electron chi connectivity index (χ4n) is 4.23. The minimum Gasteiger partial charge on any atom is -0.432 e. The molecule has 0 aliphatic carbocycles. The number of ether oxygens (including phenoxy) is 2. The van der Waals surface area contributed by atoms with E-state index in [9.17, 15) is 18.0 Å². The van der Waals surface area contributed by atoms with Gasteiger partial charge in [0.25, 0.3) is 5.91 Å². The molecule has 0 saturated carbocycles. The molecule has 0 radical (unpaired) electrons. The molecule has 0 bridgehead atoms. The summed E-state index contributed by atoms with van der Waals surface area (Å²) in [6, 6.07) is 10.8. The van der Waals surface area contributed by atoms with Crippen molar-refractivity contribution >= 4 is 24.9 Å². The zero-order chi connectivity index (χ0) is 29.1. The van der Waals surface area contributed by atoms with Gasteiger partial charge in [0.1, 0.15) is 18.3 Å². The van der Waals surface area contributed by atoms with Gasteiger partial charge < -0.3 is 14.4 Å². The van der Waals surface area contributed by atoms with Crippen LogP contribution in [0, 0.1) is 5.82 Å². The molecule has 212 valence electrons. The molecule has 0 unspecified atom stereocenters. The Hall–Kier alpha value is -3.70. The lowest BCUT2D eigenvalue weighted by Crippen LogP contribution is -2.27. The van der Waals surface area contributed by atoms with Gasteiger partial charge in [0.05, 0.1) is 11.7 Å². The van der Waals surface area contributed by atoms with Gasteiger partial charge in [0.2, 0.25) is 0 Å². The monoisotopic (exact) mass is 570 g/mol. The SMILES string of the molecule is CN(Cc1cncc2cnn(COCC[Si](C)(C)C)c12)C(=O)c1ccc(-c2cccc(F)c2)c(OC(C)(F)F)c1. The van der Waals surface area contributed by atoms with Crippen LogP contribution in [0.3, 0.4) is 0 Å². The number of aromatic nitrogens is 3. The third-order valence-corrected chi connectivity index (χ3v) is 7.94. The van der Waals surface area contributed by atoms with Crippen LogP contribution in [0.1, 0.15) is 22.8 Å². The Balaban J connectivity index is 1.57. The van der Waals surface area contributed by atoms with E-state index >= 15 is 0 Å². The highest BCUT2D eigenvalue weighted by Crippen LogP contribution is 2.35. The van der Waals surface area contributed by atoms with E-state index in [-0.39, 0.29) is 30.2 Å². The molecule has 0 aliphatic heterocycles. The number of halogens is 3. The summed E-state index contributed by atoms with van der Waals surface area (Å²) in [5, 5.41) is 5.25. The lowest BCUT2D eigenvalue weighted by atomic mass is 10.0. The number of benzene rings is 2. The van der Waals surface area contributed by atoms with Crippen molar-refractivity contribution in [2.24, 2.45) is 0 Å². The predicted octanol–water partition coefficient (Wildman–Crippen LogP) is 6.81. The molecule has 4 rings (SSSR count). The molecule has 0 aliphatic rings. The van der Waals surface area contributed by atoms with E-state index in [1.807, 2.05) is 0 Å². The van der Waals surface area contributed by atoms with Crippen molar-refractivity contribution in [2.45, 2.75) is 52.0 Å². The van der Waals surface area contributed by atoms with E-state index < -0.39 is 25.9 Å². The first-order chi connectivity index (χ1) is 18.8. The smallest absolute Gasteiger partial charge is 0.394 e. The molecule has 0 fully saturated rings. The van der Waals surface area contributed by atoms with Gasteiger partial charge in [-0.1, -0.05) is 31.8 Å². The number of alkyl halides is 2. The molecule has 4 aromatic rings. The van der Waals surface area contributed by atoms with Crippen molar-refractivity contribution < 1.29 is 27.4 Å². The van der Waals surface area contributed by atoms with Crippen LogP contribution in [0.5, 0.6) is 5.75 Å². The minimum atomic E-state index is -3.51. The Bertz CT molecular complexity index is 1500. The van der Waals surface area contributed by atoms with Crippen LogP contribution in [-0.2, 0) is 18.0 Å². The minimum absolute atomic E-state index is 0.144. The third kappa shape index (κ3) is 7.48. The first-order valence-corrected chi connectivity index (χ1v) is 16.6. The Morgan fingerprint density at radius 2 is 1.88 bits per heavy atom. The highest BCUT2D eigenvalue weighted by atomic mass is 28.3. The van der Waals surface area contributed by atoms with Gasteiger partial charge in [-0.2, -0.15) is 13.9 Å². The zero-order valence-electron chi connectivity index (χ0n) is 23.2. The summed E-state index contributed by atoms with van der Waals surface area (Å²) < 4.78 is 54.1. The number of amides is 1. The average molecular weight is 571 g/mol. The van der Waals surface area contributed by atoms with Gasteiger partial charge in [-0.25, -0.2) is 9.07 Å². The van der Waals surface area contributed by atoms with Gasteiger partial charge in [0, 0.05) is 69.7 Å². The van der Waals surface area contributed by atoms with Crippen LogP contribution in [-0.4, -0.2) is 53.4 Å². The molecule has 0 N–H and O–H groups in total. The average Bonchev–Trinajstić information content (AvgIpc) is 3.28. The van der Waals surface area contributed by atoms with Crippen LogP contribution in [0.4, 0.5) is 13.2 Å². The van der Waals surface area contributed by atoms with Crippen molar-refractivity contribution in [3.05, 3.63) is 78.0 Å². The van der Waals surface area contributed by atoms with Crippen LogP contribution in [0.25, 0.3) is 22.0 Å². The van der Waals surface area contributed by atoms with E-state index in [1.165, 1.54) is 41.3 Å². The number of carbonyl (C=O) groups excluding carboxylic acids is 1. The number of hydrogen-bond acceptors (Lipinski definition) is 5. The molecule has 7 nitrogen and oxygen atoms in total. The number of hydrogen-bond donors (Lipinski definition) is 0. The highest BCUT2D eigenvalue weighted by Gasteiger charge is 2.26. The number of rotatable bonds is 11. The van der Waals surface area contributed by atoms with Crippen molar-refractivity contribution in [2.75, 3.05) is 13.7 Å². The van der Waals surface area contributed by atoms with Crippen LogP contribution >= 0.6 is 0 Å². The Morgan fingerprint density at radius 1 is 1.10 bits per heavy atom. The standard InChI is InChI=1S/C29H33F3N4O3Si/c1-29(31,32)39-26-14-21(9-10-25(26)20-7-6-8-24(30)13-20)28(37)35(2)18-23-16-33-15-22-17-34-36(27(22)23)19-38-11-12-40(3,4)5/h6-10,13-17H,11-12,18-19H2,1-5H3. The fourth-order valence-corrected chi connectivity index (χ4v) is 4.99. The van der Waals surface area contributed by atoms with Crippen molar-refractivity contribution in [3.63, 3.8) is 0 Å². The van der Waals surface area contributed by atoms with Crippen molar-refractivity contribution in [1.82, 2.24) is 19.7 Å². The summed E-state index contributed by atoms with van der Waals surface area (Å²) in [6.07, 6.45) is 1.57. The van der Waals surface area contributed by atoms with E-state index in [0.717, 1.165) is 22.5 Å². The van der Waals surface area contributed by atoms with Gasteiger partial charge in [0.15, 0.2) is 0 Å². The molecule has 0 spiro atoms. The molecule has 1 amide bonds. The van der Waals surface area contributed by atoms with Crippen LogP contribution in [0.15, 0.2) is 61.1 Å². The lowest BCUT2D eigenvalue weighted by molar-refractivity contribution is -0.158. The predicted molar refractivity (Wildman–Crippen MR) is 151 cm³/mol. The number of fused-ring (bicyclic) bond motifs is 1. The summed E-state index contributed by atoms with van der Waals surface area (Å²) in [5.41, 5.74) is 2.30. The molecular weight excluding hydrogens is 537 g/mol. The van der Waals surface area contributed by atoms with Crippen molar-refractivity contribution in [3.8, 4) is 16.9 Å². The van der Waals surface area contributed by atoms with E-state index in [0.29, 0.717) is 19.1 Å². The highest BCUT2D eigenvalue weighted by molar-refractivity contribution is 6.76. The second-order valence-electron chi connectivity index (χ2n) is 11.0. The van der Waals surface area contributed by atoms with Crippen LogP contribution in [0.2, 0.25) is 25.7 Å². The molecule has 40 heavy (non-hydrogen) atoms. The first kappa shape index (κ1) is 29.3. The molecule has 2 heterocycles. The topological polar surface area (TPSA) is 69.5 Å². The summed E-state index contributed by atoms with van der Waals surface area (Å²) in [7, 11) is 0.383. The lowest BCUT2D eigenvalue weighted by Gasteiger charge is -2.21. The summed E-state index contributed by atoms with van der Waals surface area (Å²) in [6.45, 7) is 8.57. The molecular formula is C29H33F3N4O3Si. The molecule has 2 aromatic heterocycles. The Kier molecular flexibility index (Phi) is 8.64. The van der Waals surface area contributed by atoms with Crippen LogP contribution < -0.4 is 4.74 Å². The largest absolute Gasteiger partial charge is 0.432 e. The Labute approximate surface area is 232 Å². The Morgan fingerprint density at radius 3 is 2.58 bits per heavy atom. The third-order valence-electron chi connectivity index (χ3n) is 6.23. The number of pyridine rings is 1. The maximum Gasteiger partial charge on any atom is 0.394 e. The van der Waals surface area contributed by atoms with Crippen molar-refractivity contribution in [1.29, 1.82) is 0 Å². The second kappa shape index (κ2) is 11.8. The van der Waals surface area contributed by atoms with Gasteiger partial charge in [-0.15, -0.1) is 0 Å². The quantitative estimate of drug-likeness (QED) is 0.146. The maximum atomic E-state index is 13.9. The summed E-state index contributed by atoms with van der Waals surface area (Å²) in [4.78, 5) is 19.1. The van der Waals surface area contributed by atoms with Gasteiger partial charge in [-0.3, -0.25) is 9.78 Å².